The number of hydrazine groups is 1. The van der Waals surface area contributed by atoms with Gasteiger partial charge in [0.1, 0.15) is 11.4 Å². The standard InChI is InChI=1S/C24H31F3N8O2/c1-37-21-8-4-6-18(14-21)7-5-13-35(33-29)12-3-2-11-34(30)17-22(28)23(36)32-16-20-15-19(9-10-31-20)24(25,26)27/h4-6,8-10,13-15,17,29H,2-3,7,11-12,16,28,30H2,1H3,(H,32,36)/b13-5+,22-17-,33-29?. The highest BCUT2D eigenvalue weighted by Crippen LogP contribution is 2.28. The smallest absolute Gasteiger partial charge is 0.416 e. The van der Waals surface area contributed by atoms with Crippen LogP contribution in [-0.2, 0) is 23.9 Å². The first-order chi connectivity index (χ1) is 17.6. The highest BCUT2D eigenvalue weighted by atomic mass is 19.4. The number of ether oxygens (including phenoxy) is 1. The van der Waals surface area contributed by atoms with Crippen LogP contribution in [0, 0.1) is 5.53 Å². The SMILES string of the molecule is COc1cccc(C/C=C/N(CCCCN(N)/C=C(\N)C(=O)NCc2cc(C(F)(F)F)ccn2)N=N)c1. The molecule has 0 unspecified atom stereocenters. The summed E-state index contributed by atoms with van der Waals surface area (Å²) in [6, 6.07) is 9.40. The van der Waals surface area contributed by atoms with Crippen molar-refractivity contribution in [1.82, 2.24) is 20.3 Å². The summed E-state index contributed by atoms with van der Waals surface area (Å²) in [5.41, 5.74) is 13.1. The maximum atomic E-state index is 12.8. The molecule has 200 valence electrons. The number of nitrogens with one attached hydrogen (secondary N) is 2. The molecular weight excluding hydrogens is 489 g/mol. The monoisotopic (exact) mass is 520 g/mol. The molecule has 1 aromatic heterocycles. The molecule has 37 heavy (non-hydrogen) atoms. The van der Waals surface area contributed by atoms with Gasteiger partial charge in [0.2, 0.25) is 0 Å². The third-order valence-corrected chi connectivity index (χ3v) is 5.09. The number of pyridine rings is 1. The number of benzene rings is 1. The molecule has 2 aromatic rings. The highest BCUT2D eigenvalue weighted by Gasteiger charge is 2.30. The molecule has 0 saturated carbocycles. The topological polar surface area (TPSA) is 146 Å². The van der Waals surface area contributed by atoms with Crippen LogP contribution < -0.4 is 21.6 Å². The normalized spacial score (nSPS) is 11.9. The lowest BCUT2D eigenvalue weighted by Gasteiger charge is -2.16. The first-order valence-corrected chi connectivity index (χ1v) is 11.3. The van der Waals surface area contributed by atoms with Crippen molar-refractivity contribution in [3.05, 3.63) is 83.6 Å². The highest BCUT2D eigenvalue weighted by molar-refractivity contribution is 5.92. The van der Waals surface area contributed by atoms with Gasteiger partial charge in [-0.1, -0.05) is 23.4 Å². The van der Waals surface area contributed by atoms with Crippen LogP contribution in [0.2, 0.25) is 0 Å². The number of aromatic nitrogens is 1. The molecule has 1 heterocycles. The van der Waals surface area contributed by atoms with E-state index in [9.17, 15) is 18.0 Å². The summed E-state index contributed by atoms with van der Waals surface area (Å²) in [6.07, 6.45) is 3.36. The van der Waals surface area contributed by atoms with Crippen molar-refractivity contribution in [3.63, 3.8) is 0 Å². The molecule has 0 aliphatic carbocycles. The summed E-state index contributed by atoms with van der Waals surface area (Å²) in [7, 11) is 1.61. The van der Waals surface area contributed by atoms with Gasteiger partial charge in [-0.15, -0.1) is 0 Å². The van der Waals surface area contributed by atoms with E-state index in [2.05, 4.69) is 15.5 Å². The Balaban J connectivity index is 1.72. The molecular formula is C24H31F3N8O2. The number of halogens is 3. The summed E-state index contributed by atoms with van der Waals surface area (Å²) in [5.74, 6) is 5.96. The van der Waals surface area contributed by atoms with Gasteiger partial charge in [-0.05, 0) is 49.1 Å². The predicted molar refractivity (Wildman–Crippen MR) is 131 cm³/mol. The van der Waals surface area contributed by atoms with E-state index in [1.807, 2.05) is 30.3 Å². The van der Waals surface area contributed by atoms with Gasteiger partial charge >= 0.3 is 6.18 Å². The lowest BCUT2D eigenvalue weighted by Crippen LogP contribution is -2.33. The van der Waals surface area contributed by atoms with Crippen LogP contribution in [0.3, 0.4) is 0 Å². The van der Waals surface area contributed by atoms with Crippen molar-refractivity contribution >= 4 is 5.91 Å². The number of rotatable bonds is 14. The van der Waals surface area contributed by atoms with Gasteiger partial charge in [0.25, 0.3) is 5.91 Å². The number of nitrogens with zero attached hydrogens (tertiary/aromatic N) is 4. The molecule has 0 aliphatic rings. The van der Waals surface area contributed by atoms with Gasteiger partial charge < -0.3 is 20.8 Å². The molecule has 0 atom stereocenters. The average molecular weight is 521 g/mol. The lowest BCUT2D eigenvalue weighted by molar-refractivity contribution is -0.137. The second-order valence-corrected chi connectivity index (χ2v) is 7.95. The summed E-state index contributed by atoms with van der Waals surface area (Å²) >= 11 is 0. The van der Waals surface area contributed by atoms with Crippen molar-refractivity contribution in [2.45, 2.75) is 32.0 Å². The number of allylic oxidation sites excluding steroid dienone is 1. The van der Waals surface area contributed by atoms with Gasteiger partial charge in [0.05, 0.1) is 24.9 Å². The Kier molecular flexibility index (Phi) is 11.4. The van der Waals surface area contributed by atoms with E-state index in [1.54, 1.807) is 13.3 Å². The molecule has 0 radical (unpaired) electrons. The number of methoxy groups -OCH3 is 1. The van der Waals surface area contributed by atoms with E-state index in [0.717, 1.165) is 29.6 Å². The number of alkyl halides is 3. The van der Waals surface area contributed by atoms with Crippen molar-refractivity contribution in [3.8, 4) is 5.75 Å². The number of unbranched alkanes of at least 4 members (excludes halogenated alkanes) is 1. The van der Waals surface area contributed by atoms with Crippen molar-refractivity contribution in [2.75, 3.05) is 20.2 Å². The van der Waals surface area contributed by atoms with Gasteiger partial charge in [0, 0.05) is 31.7 Å². The number of hydrogen-bond acceptors (Lipinski definition) is 8. The van der Waals surface area contributed by atoms with Gasteiger partial charge in [-0.25, -0.2) is 5.84 Å². The minimum Gasteiger partial charge on any atom is -0.497 e. The maximum absolute atomic E-state index is 12.8. The van der Waals surface area contributed by atoms with Crippen LogP contribution in [0.4, 0.5) is 13.2 Å². The van der Waals surface area contributed by atoms with E-state index in [0.29, 0.717) is 32.4 Å². The predicted octanol–water partition coefficient (Wildman–Crippen LogP) is 3.49. The van der Waals surface area contributed by atoms with Gasteiger partial charge in [-0.3, -0.25) is 14.8 Å². The fourth-order valence-electron chi connectivity index (χ4n) is 3.16. The first-order valence-electron chi connectivity index (χ1n) is 11.3. The number of carbonyl (C=O) groups is 1. The van der Waals surface area contributed by atoms with Crippen LogP contribution in [0.15, 0.2) is 72.0 Å². The fraction of sp³-hybridized carbons (Fsp3) is 0.333. The molecule has 10 nitrogen and oxygen atoms in total. The summed E-state index contributed by atoms with van der Waals surface area (Å²) < 4.78 is 43.6. The Morgan fingerprint density at radius 3 is 2.70 bits per heavy atom. The molecule has 0 spiro atoms. The first kappa shape index (κ1) is 29.1. The van der Waals surface area contributed by atoms with E-state index in [-0.39, 0.29) is 17.9 Å². The summed E-state index contributed by atoms with van der Waals surface area (Å²) in [5, 5.41) is 8.64. The Morgan fingerprint density at radius 1 is 1.24 bits per heavy atom. The van der Waals surface area contributed by atoms with Crippen molar-refractivity contribution < 1.29 is 22.7 Å². The molecule has 0 aliphatic heterocycles. The largest absolute Gasteiger partial charge is 0.497 e. The van der Waals surface area contributed by atoms with Crippen LogP contribution in [0.1, 0.15) is 29.7 Å². The molecule has 13 heteroatoms. The van der Waals surface area contributed by atoms with Crippen LogP contribution in [0.5, 0.6) is 5.75 Å². The number of nitrogens with two attached hydrogens (primary N) is 2. The maximum Gasteiger partial charge on any atom is 0.416 e. The Labute approximate surface area is 213 Å². The zero-order valence-electron chi connectivity index (χ0n) is 20.4. The van der Waals surface area contributed by atoms with Crippen LogP contribution >= 0.6 is 0 Å². The molecule has 0 fully saturated rings. The van der Waals surface area contributed by atoms with Gasteiger partial charge in [-0.2, -0.15) is 18.7 Å². The molecule has 2 rings (SSSR count). The third kappa shape index (κ3) is 10.6. The summed E-state index contributed by atoms with van der Waals surface area (Å²) in [4.78, 5) is 16.0. The van der Waals surface area contributed by atoms with E-state index in [4.69, 9.17) is 21.8 Å². The van der Waals surface area contributed by atoms with E-state index in [1.165, 1.54) is 16.2 Å². The minimum absolute atomic E-state index is 0.0440. The van der Waals surface area contributed by atoms with Crippen molar-refractivity contribution in [1.29, 1.82) is 5.53 Å². The quantitative estimate of drug-likeness (QED) is 0.0981. The van der Waals surface area contributed by atoms with Crippen LogP contribution in [0.25, 0.3) is 0 Å². The van der Waals surface area contributed by atoms with Gasteiger partial charge in [0.15, 0.2) is 0 Å². The molecule has 0 bridgehead atoms. The Hall–Kier alpha value is -4.13. The number of amides is 1. The average Bonchev–Trinajstić information content (AvgIpc) is 2.88. The van der Waals surface area contributed by atoms with Crippen LogP contribution in [-0.4, -0.2) is 41.1 Å². The zero-order valence-corrected chi connectivity index (χ0v) is 20.4. The molecule has 1 aromatic carbocycles. The third-order valence-electron chi connectivity index (χ3n) is 5.09. The second-order valence-electron chi connectivity index (χ2n) is 7.95. The summed E-state index contributed by atoms with van der Waals surface area (Å²) in [6.45, 7) is 0.651. The van der Waals surface area contributed by atoms with E-state index >= 15 is 0 Å². The molecule has 6 N–H and O–H groups in total. The zero-order chi connectivity index (χ0) is 27.3. The molecule has 1 amide bonds. The Morgan fingerprint density at radius 2 is 2.00 bits per heavy atom. The second kappa shape index (κ2) is 14.4. The minimum atomic E-state index is -4.50. The number of carbonyl (C=O) groups excluding carboxylic acids is 1. The number of hydrogen-bond donors (Lipinski definition) is 4. The van der Waals surface area contributed by atoms with E-state index < -0.39 is 17.6 Å². The lowest BCUT2D eigenvalue weighted by atomic mass is 10.1. The Bertz CT molecular complexity index is 1090. The van der Waals surface area contributed by atoms with Crippen molar-refractivity contribution in [2.24, 2.45) is 16.8 Å². The molecule has 0 saturated heterocycles. The fourth-order valence-corrected chi connectivity index (χ4v) is 3.16.